The van der Waals surface area contributed by atoms with Crippen LogP contribution in [0.1, 0.15) is 11.4 Å². The fourth-order valence-electron chi connectivity index (χ4n) is 1.19. The van der Waals surface area contributed by atoms with E-state index >= 15 is 0 Å². The van der Waals surface area contributed by atoms with E-state index in [-0.39, 0.29) is 12.4 Å². The fourth-order valence-corrected chi connectivity index (χ4v) is 2.93. The SMILES string of the molecule is Cc1nsc(Sc2cc(F)cc(CO)c2)n1. The quantitative estimate of drug-likeness (QED) is 0.917. The van der Waals surface area contributed by atoms with Crippen LogP contribution < -0.4 is 0 Å². The van der Waals surface area contributed by atoms with Gasteiger partial charge >= 0.3 is 0 Å². The standard InChI is InChI=1S/C10H9FN2OS2/c1-6-12-10(16-13-6)15-9-3-7(5-14)2-8(11)4-9/h2-4,14H,5H2,1H3. The third-order valence-electron chi connectivity index (χ3n) is 1.83. The zero-order valence-electron chi connectivity index (χ0n) is 8.48. The number of nitrogens with zero attached hydrogens (tertiary/aromatic N) is 2. The smallest absolute Gasteiger partial charge is 0.174 e. The average molecular weight is 256 g/mol. The first-order valence-electron chi connectivity index (χ1n) is 4.56. The van der Waals surface area contributed by atoms with Gasteiger partial charge in [0.15, 0.2) is 4.34 Å². The number of aryl methyl sites for hydroxylation is 1. The normalized spacial score (nSPS) is 10.7. The number of aliphatic hydroxyl groups excluding tert-OH is 1. The van der Waals surface area contributed by atoms with Crippen molar-refractivity contribution in [3.63, 3.8) is 0 Å². The van der Waals surface area contributed by atoms with Crippen LogP contribution in [0.4, 0.5) is 4.39 Å². The molecule has 6 heteroatoms. The molecule has 1 aromatic carbocycles. The first-order chi connectivity index (χ1) is 7.67. The molecule has 0 bridgehead atoms. The van der Waals surface area contributed by atoms with Gasteiger partial charge in [-0.3, -0.25) is 0 Å². The van der Waals surface area contributed by atoms with Crippen molar-refractivity contribution >= 4 is 23.3 Å². The molecule has 1 N–H and O–H groups in total. The van der Waals surface area contributed by atoms with Crippen molar-refractivity contribution in [2.75, 3.05) is 0 Å². The van der Waals surface area contributed by atoms with E-state index in [2.05, 4.69) is 9.36 Å². The van der Waals surface area contributed by atoms with Gasteiger partial charge in [-0.25, -0.2) is 9.37 Å². The molecule has 0 spiro atoms. The third kappa shape index (κ3) is 2.78. The molecule has 0 unspecified atom stereocenters. The Balaban J connectivity index is 2.24. The Morgan fingerprint density at radius 1 is 1.44 bits per heavy atom. The minimum atomic E-state index is -0.352. The number of rotatable bonds is 3. The summed E-state index contributed by atoms with van der Waals surface area (Å²) in [6, 6.07) is 4.47. The molecule has 0 aliphatic rings. The molecule has 0 atom stereocenters. The summed E-state index contributed by atoms with van der Waals surface area (Å²) in [6.07, 6.45) is 0. The molecule has 2 aromatic rings. The van der Waals surface area contributed by atoms with E-state index in [9.17, 15) is 4.39 Å². The Morgan fingerprint density at radius 3 is 2.88 bits per heavy atom. The maximum atomic E-state index is 13.2. The monoisotopic (exact) mass is 256 g/mol. The van der Waals surface area contributed by atoms with E-state index < -0.39 is 0 Å². The van der Waals surface area contributed by atoms with E-state index in [0.717, 1.165) is 9.24 Å². The van der Waals surface area contributed by atoms with E-state index in [1.54, 1.807) is 6.07 Å². The minimum absolute atomic E-state index is 0.166. The maximum Gasteiger partial charge on any atom is 0.174 e. The number of halogens is 1. The van der Waals surface area contributed by atoms with Crippen LogP contribution >= 0.6 is 23.3 Å². The molecule has 0 saturated carbocycles. The van der Waals surface area contributed by atoms with Crippen LogP contribution in [0.15, 0.2) is 27.4 Å². The Labute approximate surface area is 101 Å². The van der Waals surface area contributed by atoms with Crippen molar-refractivity contribution in [2.45, 2.75) is 22.8 Å². The van der Waals surface area contributed by atoms with Gasteiger partial charge in [-0.1, -0.05) is 11.8 Å². The van der Waals surface area contributed by atoms with Gasteiger partial charge in [-0.15, -0.1) is 0 Å². The van der Waals surface area contributed by atoms with Gasteiger partial charge < -0.3 is 5.11 Å². The van der Waals surface area contributed by atoms with Gasteiger partial charge in [0.05, 0.1) is 6.61 Å². The summed E-state index contributed by atoms with van der Waals surface area (Å²) < 4.78 is 18.0. The van der Waals surface area contributed by atoms with Gasteiger partial charge in [-0.05, 0) is 42.2 Å². The van der Waals surface area contributed by atoms with Gasteiger partial charge in [-0.2, -0.15) is 4.37 Å². The number of benzene rings is 1. The van der Waals surface area contributed by atoms with Crippen LogP contribution in [-0.4, -0.2) is 14.5 Å². The highest BCUT2D eigenvalue weighted by molar-refractivity contribution is 8.01. The minimum Gasteiger partial charge on any atom is -0.392 e. The average Bonchev–Trinajstić information content (AvgIpc) is 2.63. The number of aromatic nitrogens is 2. The summed E-state index contributed by atoms with van der Waals surface area (Å²) in [4.78, 5) is 4.90. The Hall–Kier alpha value is -0.980. The highest BCUT2D eigenvalue weighted by Gasteiger charge is 2.06. The van der Waals surface area contributed by atoms with Crippen molar-refractivity contribution in [1.82, 2.24) is 9.36 Å². The molecule has 1 heterocycles. The second-order valence-electron chi connectivity index (χ2n) is 3.16. The van der Waals surface area contributed by atoms with Crippen molar-refractivity contribution < 1.29 is 9.50 Å². The molecular weight excluding hydrogens is 247 g/mol. The lowest BCUT2D eigenvalue weighted by Crippen LogP contribution is -1.86. The van der Waals surface area contributed by atoms with Crippen LogP contribution in [0.3, 0.4) is 0 Å². The number of aliphatic hydroxyl groups is 1. The predicted molar refractivity (Wildman–Crippen MR) is 61.1 cm³/mol. The van der Waals surface area contributed by atoms with Crippen LogP contribution in [0.25, 0.3) is 0 Å². The van der Waals surface area contributed by atoms with Gasteiger partial charge in [0.1, 0.15) is 11.6 Å². The summed E-state index contributed by atoms with van der Waals surface area (Å²) in [5, 5.41) is 8.96. The molecule has 0 radical (unpaired) electrons. The summed E-state index contributed by atoms with van der Waals surface area (Å²) in [5.41, 5.74) is 0.559. The topological polar surface area (TPSA) is 46.0 Å². The van der Waals surface area contributed by atoms with E-state index in [1.165, 1.54) is 35.4 Å². The van der Waals surface area contributed by atoms with Crippen molar-refractivity contribution in [3.05, 3.63) is 35.4 Å². The van der Waals surface area contributed by atoms with Crippen molar-refractivity contribution in [3.8, 4) is 0 Å². The number of hydrogen-bond donors (Lipinski definition) is 1. The highest BCUT2D eigenvalue weighted by Crippen LogP contribution is 2.30. The molecule has 3 nitrogen and oxygen atoms in total. The molecule has 0 amide bonds. The van der Waals surface area contributed by atoms with Crippen molar-refractivity contribution in [1.29, 1.82) is 0 Å². The molecule has 0 saturated heterocycles. The molecule has 0 aliphatic heterocycles. The summed E-state index contributed by atoms with van der Waals surface area (Å²) in [6.45, 7) is 1.64. The predicted octanol–water partition coefficient (Wildman–Crippen LogP) is 2.63. The Kier molecular flexibility index (Phi) is 3.52. The first kappa shape index (κ1) is 11.5. The van der Waals surface area contributed by atoms with Crippen LogP contribution in [0.2, 0.25) is 0 Å². The van der Waals surface area contributed by atoms with Crippen LogP contribution in [-0.2, 0) is 6.61 Å². The lowest BCUT2D eigenvalue weighted by Gasteiger charge is -2.01. The largest absolute Gasteiger partial charge is 0.392 e. The zero-order valence-corrected chi connectivity index (χ0v) is 10.1. The Bertz CT molecular complexity index is 501. The van der Waals surface area contributed by atoms with Crippen LogP contribution in [0, 0.1) is 12.7 Å². The second-order valence-corrected chi connectivity index (χ2v) is 5.24. The lowest BCUT2D eigenvalue weighted by atomic mass is 10.2. The highest BCUT2D eigenvalue weighted by atomic mass is 32.2. The summed E-state index contributed by atoms with van der Waals surface area (Å²) in [7, 11) is 0. The van der Waals surface area contributed by atoms with Crippen LogP contribution in [0.5, 0.6) is 0 Å². The molecule has 84 valence electrons. The molecule has 0 fully saturated rings. The third-order valence-corrected chi connectivity index (χ3v) is 3.64. The molecule has 16 heavy (non-hydrogen) atoms. The van der Waals surface area contributed by atoms with E-state index in [1.807, 2.05) is 6.92 Å². The molecule has 0 aliphatic carbocycles. The molecular formula is C10H9FN2OS2. The van der Waals surface area contributed by atoms with Gasteiger partial charge in [0, 0.05) is 4.90 Å². The number of hydrogen-bond acceptors (Lipinski definition) is 5. The van der Waals surface area contributed by atoms with E-state index in [4.69, 9.17) is 5.11 Å². The summed E-state index contributed by atoms with van der Waals surface area (Å²) in [5.74, 6) is 0.363. The van der Waals surface area contributed by atoms with Gasteiger partial charge in [0.25, 0.3) is 0 Å². The second kappa shape index (κ2) is 4.90. The fraction of sp³-hybridized carbons (Fsp3) is 0.200. The Morgan fingerprint density at radius 2 is 2.25 bits per heavy atom. The first-order valence-corrected chi connectivity index (χ1v) is 6.15. The summed E-state index contributed by atoms with van der Waals surface area (Å²) >= 11 is 2.63. The zero-order chi connectivity index (χ0) is 11.5. The maximum absolute atomic E-state index is 13.2. The molecule has 1 aromatic heterocycles. The van der Waals surface area contributed by atoms with Crippen molar-refractivity contribution in [2.24, 2.45) is 0 Å². The van der Waals surface area contributed by atoms with E-state index in [0.29, 0.717) is 11.4 Å². The molecule has 2 rings (SSSR count). The van der Waals surface area contributed by atoms with Gasteiger partial charge in [0.2, 0.25) is 0 Å². The lowest BCUT2D eigenvalue weighted by molar-refractivity contribution is 0.281.